The lowest BCUT2D eigenvalue weighted by molar-refractivity contribution is 0.318. The summed E-state index contributed by atoms with van der Waals surface area (Å²) in [5.41, 5.74) is 13.2. The van der Waals surface area contributed by atoms with Crippen LogP contribution in [-0.4, -0.2) is 11.0 Å². The van der Waals surface area contributed by atoms with Gasteiger partial charge in [0.2, 0.25) is 0 Å². The van der Waals surface area contributed by atoms with Gasteiger partial charge in [0.25, 0.3) is 0 Å². The average molecular weight is 165 g/mol. The van der Waals surface area contributed by atoms with E-state index in [0.717, 1.165) is 5.56 Å². The minimum absolute atomic E-state index is 0.0831. The first-order valence-electron chi connectivity index (χ1n) is 3.49. The molecule has 0 aliphatic rings. The zero-order valence-corrected chi connectivity index (χ0v) is 6.78. The van der Waals surface area contributed by atoms with Gasteiger partial charge in [-0.05, 0) is 18.6 Å². The van der Waals surface area contributed by atoms with E-state index in [9.17, 15) is 0 Å². The molecule has 4 heteroatoms. The molecule has 0 bridgehead atoms. The van der Waals surface area contributed by atoms with Gasteiger partial charge in [-0.3, -0.25) is 0 Å². The van der Waals surface area contributed by atoms with Gasteiger partial charge in [-0.1, -0.05) is 17.3 Å². The average Bonchev–Trinajstić information content (AvgIpc) is 2.08. The molecule has 0 amide bonds. The normalized spacial score (nSPS) is 11.6. The van der Waals surface area contributed by atoms with Crippen molar-refractivity contribution in [3.8, 4) is 0 Å². The second kappa shape index (κ2) is 3.13. The summed E-state index contributed by atoms with van der Waals surface area (Å²) in [6.45, 7) is 1.82. The first kappa shape index (κ1) is 8.39. The van der Waals surface area contributed by atoms with Gasteiger partial charge in [0.1, 0.15) is 0 Å². The summed E-state index contributed by atoms with van der Waals surface area (Å²) >= 11 is 0. The number of nitrogens with zero attached hydrogens (tertiary/aromatic N) is 1. The van der Waals surface area contributed by atoms with Crippen LogP contribution in [0.25, 0.3) is 0 Å². The first-order chi connectivity index (χ1) is 5.66. The van der Waals surface area contributed by atoms with Crippen LogP contribution >= 0.6 is 0 Å². The van der Waals surface area contributed by atoms with E-state index >= 15 is 0 Å². The highest BCUT2D eigenvalue weighted by atomic mass is 16.4. The highest BCUT2D eigenvalue weighted by Crippen LogP contribution is 2.14. The predicted octanol–water partition coefficient (Wildman–Crippen LogP) is 0.672. The molecule has 0 spiro atoms. The molecule has 0 heterocycles. The first-order valence-corrected chi connectivity index (χ1v) is 3.49. The van der Waals surface area contributed by atoms with E-state index in [0.29, 0.717) is 11.3 Å². The van der Waals surface area contributed by atoms with Crippen molar-refractivity contribution in [1.82, 2.24) is 0 Å². The van der Waals surface area contributed by atoms with Crippen molar-refractivity contribution in [3.05, 3.63) is 29.3 Å². The van der Waals surface area contributed by atoms with Gasteiger partial charge in [-0.15, -0.1) is 0 Å². The van der Waals surface area contributed by atoms with Crippen LogP contribution in [0.3, 0.4) is 0 Å². The molecule has 0 radical (unpaired) electrons. The number of nitrogens with two attached hydrogens (primary N) is 2. The molecule has 0 fully saturated rings. The Morgan fingerprint density at radius 1 is 1.50 bits per heavy atom. The third kappa shape index (κ3) is 1.32. The van der Waals surface area contributed by atoms with Crippen molar-refractivity contribution in [2.45, 2.75) is 6.92 Å². The summed E-state index contributed by atoms with van der Waals surface area (Å²) in [7, 11) is 0. The van der Waals surface area contributed by atoms with E-state index in [1.165, 1.54) is 0 Å². The van der Waals surface area contributed by atoms with E-state index in [1.807, 2.05) is 6.92 Å². The van der Waals surface area contributed by atoms with Crippen molar-refractivity contribution < 1.29 is 5.21 Å². The van der Waals surface area contributed by atoms with Gasteiger partial charge < -0.3 is 16.7 Å². The zero-order valence-electron chi connectivity index (χ0n) is 6.78. The summed E-state index contributed by atoms with van der Waals surface area (Å²) in [5.74, 6) is 0.0831. The Morgan fingerprint density at radius 3 is 2.75 bits per heavy atom. The number of benzene rings is 1. The van der Waals surface area contributed by atoms with Crippen molar-refractivity contribution in [1.29, 1.82) is 0 Å². The van der Waals surface area contributed by atoms with Crippen LogP contribution in [-0.2, 0) is 0 Å². The molecule has 0 saturated carbocycles. The van der Waals surface area contributed by atoms with E-state index in [2.05, 4.69) is 5.16 Å². The number of anilines is 1. The maximum absolute atomic E-state index is 8.43. The Morgan fingerprint density at radius 2 is 2.17 bits per heavy atom. The van der Waals surface area contributed by atoms with Gasteiger partial charge in [-0.2, -0.15) is 0 Å². The number of nitrogen functional groups attached to an aromatic ring is 1. The molecule has 0 aliphatic heterocycles. The van der Waals surface area contributed by atoms with Crippen molar-refractivity contribution >= 4 is 11.5 Å². The molecule has 0 unspecified atom stereocenters. The second-order valence-electron chi connectivity index (χ2n) is 2.51. The zero-order chi connectivity index (χ0) is 9.14. The van der Waals surface area contributed by atoms with Crippen LogP contribution in [0.2, 0.25) is 0 Å². The lowest BCUT2D eigenvalue weighted by atomic mass is 10.1. The molecule has 64 valence electrons. The van der Waals surface area contributed by atoms with Crippen molar-refractivity contribution in [2.24, 2.45) is 10.9 Å². The molecule has 5 N–H and O–H groups in total. The van der Waals surface area contributed by atoms with Gasteiger partial charge in [-0.25, -0.2) is 0 Å². The van der Waals surface area contributed by atoms with Crippen LogP contribution in [0.15, 0.2) is 23.4 Å². The van der Waals surface area contributed by atoms with Crippen LogP contribution < -0.4 is 11.5 Å². The standard InChI is InChI=1S/C8H11N3O/c1-5-6(8(10)11-12)3-2-4-7(5)9/h2-4,12H,9H2,1H3,(H2,10,11). The number of oxime groups is 1. The topological polar surface area (TPSA) is 84.6 Å². The fraction of sp³-hybridized carbons (Fsp3) is 0.125. The van der Waals surface area contributed by atoms with Gasteiger partial charge in [0, 0.05) is 11.3 Å². The van der Waals surface area contributed by atoms with Gasteiger partial charge >= 0.3 is 0 Å². The maximum atomic E-state index is 8.43. The Labute approximate surface area is 70.5 Å². The molecular formula is C8H11N3O. The summed E-state index contributed by atoms with van der Waals surface area (Å²) in [6, 6.07) is 5.28. The monoisotopic (exact) mass is 165 g/mol. The third-order valence-corrected chi connectivity index (χ3v) is 1.76. The quantitative estimate of drug-likeness (QED) is 0.188. The van der Waals surface area contributed by atoms with E-state index in [4.69, 9.17) is 16.7 Å². The predicted molar refractivity (Wildman–Crippen MR) is 48.1 cm³/mol. The summed E-state index contributed by atoms with van der Waals surface area (Å²) in [5, 5.41) is 11.3. The van der Waals surface area contributed by atoms with Crippen LogP contribution in [0.4, 0.5) is 5.69 Å². The third-order valence-electron chi connectivity index (χ3n) is 1.76. The molecule has 0 atom stereocenters. The number of rotatable bonds is 1. The largest absolute Gasteiger partial charge is 0.409 e. The van der Waals surface area contributed by atoms with Gasteiger partial charge in [0.15, 0.2) is 5.84 Å². The molecule has 4 nitrogen and oxygen atoms in total. The molecule has 1 aromatic carbocycles. The number of hydrogen-bond donors (Lipinski definition) is 3. The Bertz CT molecular complexity index is 320. The van der Waals surface area contributed by atoms with E-state index in [-0.39, 0.29) is 5.84 Å². The van der Waals surface area contributed by atoms with E-state index < -0.39 is 0 Å². The van der Waals surface area contributed by atoms with Crippen LogP contribution in [0.1, 0.15) is 11.1 Å². The highest BCUT2D eigenvalue weighted by molar-refractivity contribution is 5.99. The molecule has 12 heavy (non-hydrogen) atoms. The SMILES string of the molecule is Cc1c(N)cccc1C(N)=NO. The summed E-state index contributed by atoms with van der Waals surface area (Å²) in [4.78, 5) is 0. The van der Waals surface area contributed by atoms with Crippen molar-refractivity contribution in [2.75, 3.05) is 5.73 Å². The maximum Gasteiger partial charge on any atom is 0.170 e. The molecule has 0 aliphatic carbocycles. The molecule has 1 aromatic rings. The lowest BCUT2D eigenvalue weighted by Gasteiger charge is -2.05. The smallest absolute Gasteiger partial charge is 0.170 e. The minimum atomic E-state index is 0.0831. The number of amidine groups is 1. The summed E-state index contributed by atoms with van der Waals surface area (Å²) in [6.07, 6.45) is 0. The Hall–Kier alpha value is -1.71. The molecule has 0 saturated heterocycles. The second-order valence-corrected chi connectivity index (χ2v) is 2.51. The fourth-order valence-corrected chi connectivity index (χ4v) is 0.985. The Balaban J connectivity index is 3.26. The Kier molecular flexibility index (Phi) is 2.19. The van der Waals surface area contributed by atoms with E-state index in [1.54, 1.807) is 18.2 Å². The molecular weight excluding hydrogens is 154 g/mol. The minimum Gasteiger partial charge on any atom is -0.409 e. The van der Waals surface area contributed by atoms with Crippen molar-refractivity contribution in [3.63, 3.8) is 0 Å². The van der Waals surface area contributed by atoms with Crippen LogP contribution in [0, 0.1) is 6.92 Å². The molecule has 1 rings (SSSR count). The van der Waals surface area contributed by atoms with Crippen LogP contribution in [0.5, 0.6) is 0 Å². The molecule has 0 aromatic heterocycles. The summed E-state index contributed by atoms with van der Waals surface area (Å²) < 4.78 is 0. The lowest BCUT2D eigenvalue weighted by Crippen LogP contribution is -2.15. The fourth-order valence-electron chi connectivity index (χ4n) is 0.985. The van der Waals surface area contributed by atoms with Gasteiger partial charge in [0.05, 0.1) is 0 Å². The highest BCUT2D eigenvalue weighted by Gasteiger charge is 2.04. The number of hydrogen-bond acceptors (Lipinski definition) is 3.